The topological polar surface area (TPSA) is 0 Å². The molecule has 0 saturated carbocycles. The van der Waals surface area contributed by atoms with Crippen LogP contribution in [0.1, 0.15) is 38.2 Å². The SMILES string of the molecule is CCCC(C)c1ccc2ccc3ccccc3c2c1. The highest BCUT2D eigenvalue weighted by Gasteiger charge is 2.06. The van der Waals surface area contributed by atoms with Crippen LogP contribution in [0.2, 0.25) is 0 Å². The number of hydrogen-bond donors (Lipinski definition) is 0. The fourth-order valence-corrected chi connectivity index (χ4v) is 2.93. The van der Waals surface area contributed by atoms with Gasteiger partial charge in [-0.05, 0) is 39.4 Å². The summed E-state index contributed by atoms with van der Waals surface area (Å²) in [7, 11) is 0. The van der Waals surface area contributed by atoms with Crippen molar-refractivity contribution in [2.75, 3.05) is 0 Å². The maximum absolute atomic E-state index is 2.39. The predicted molar refractivity (Wildman–Crippen MR) is 84.8 cm³/mol. The van der Waals surface area contributed by atoms with Crippen LogP contribution in [0.4, 0.5) is 0 Å². The van der Waals surface area contributed by atoms with E-state index < -0.39 is 0 Å². The third-order valence-corrected chi connectivity index (χ3v) is 4.06. The summed E-state index contributed by atoms with van der Waals surface area (Å²) in [6.07, 6.45) is 2.50. The van der Waals surface area contributed by atoms with Crippen molar-refractivity contribution in [3.8, 4) is 0 Å². The van der Waals surface area contributed by atoms with Gasteiger partial charge in [-0.25, -0.2) is 0 Å². The van der Waals surface area contributed by atoms with Crippen molar-refractivity contribution < 1.29 is 0 Å². The van der Waals surface area contributed by atoms with Gasteiger partial charge in [0.15, 0.2) is 0 Å². The second kappa shape index (κ2) is 5.05. The summed E-state index contributed by atoms with van der Waals surface area (Å²) in [6, 6.07) is 20.0. The van der Waals surface area contributed by atoms with Crippen molar-refractivity contribution >= 4 is 21.5 Å². The lowest BCUT2D eigenvalue weighted by molar-refractivity contribution is 0.666. The van der Waals surface area contributed by atoms with Gasteiger partial charge in [0.1, 0.15) is 0 Å². The predicted octanol–water partition coefficient (Wildman–Crippen LogP) is 5.90. The molecule has 0 spiro atoms. The highest BCUT2D eigenvalue weighted by atomic mass is 14.1. The Morgan fingerprint density at radius 2 is 1.53 bits per heavy atom. The third-order valence-electron chi connectivity index (χ3n) is 4.06. The lowest BCUT2D eigenvalue weighted by Gasteiger charge is -2.12. The van der Waals surface area contributed by atoms with Gasteiger partial charge in [0.25, 0.3) is 0 Å². The van der Waals surface area contributed by atoms with E-state index in [1.807, 2.05) is 0 Å². The molecule has 1 atom stereocenters. The number of rotatable bonds is 3. The van der Waals surface area contributed by atoms with Crippen LogP contribution in [0.25, 0.3) is 21.5 Å². The average Bonchev–Trinajstić information content (AvgIpc) is 2.47. The maximum atomic E-state index is 2.39. The van der Waals surface area contributed by atoms with Gasteiger partial charge in [0.05, 0.1) is 0 Å². The van der Waals surface area contributed by atoms with Crippen molar-refractivity contribution in [1.82, 2.24) is 0 Å². The zero-order valence-electron chi connectivity index (χ0n) is 11.7. The molecule has 3 aromatic carbocycles. The minimum atomic E-state index is 0.647. The Kier molecular flexibility index (Phi) is 3.25. The molecular weight excluding hydrogens is 228 g/mol. The molecule has 0 saturated heterocycles. The molecular formula is C19H20. The smallest absolute Gasteiger partial charge is 0.0103 e. The zero-order chi connectivity index (χ0) is 13.2. The van der Waals surface area contributed by atoms with Crippen molar-refractivity contribution in [1.29, 1.82) is 0 Å². The van der Waals surface area contributed by atoms with Crippen LogP contribution >= 0.6 is 0 Å². The molecule has 0 radical (unpaired) electrons. The van der Waals surface area contributed by atoms with E-state index in [4.69, 9.17) is 0 Å². The molecule has 0 aliphatic rings. The van der Waals surface area contributed by atoms with Gasteiger partial charge in [0.2, 0.25) is 0 Å². The van der Waals surface area contributed by atoms with Gasteiger partial charge >= 0.3 is 0 Å². The van der Waals surface area contributed by atoms with Crippen LogP contribution in [-0.2, 0) is 0 Å². The Balaban J connectivity index is 2.22. The lowest BCUT2D eigenvalue weighted by atomic mass is 9.92. The minimum Gasteiger partial charge on any atom is -0.0654 e. The zero-order valence-corrected chi connectivity index (χ0v) is 11.7. The average molecular weight is 248 g/mol. The number of benzene rings is 3. The maximum Gasteiger partial charge on any atom is -0.0103 e. The van der Waals surface area contributed by atoms with E-state index in [9.17, 15) is 0 Å². The quantitative estimate of drug-likeness (QED) is 0.506. The molecule has 0 fully saturated rings. The van der Waals surface area contributed by atoms with E-state index in [0.29, 0.717) is 5.92 Å². The van der Waals surface area contributed by atoms with Gasteiger partial charge < -0.3 is 0 Å². The largest absolute Gasteiger partial charge is 0.0654 e. The van der Waals surface area contributed by atoms with Crippen LogP contribution in [-0.4, -0.2) is 0 Å². The van der Waals surface area contributed by atoms with Crippen molar-refractivity contribution in [2.45, 2.75) is 32.6 Å². The summed E-state index contributed by atoms with van der Waals surface area (Å²) in [5.41, 5.74) is 1.46. The van der Waals surface area contributed by atoms with Gasteiger partial charge in [-0.1, -0.05) is 74.9 Å². The molecule has 0 bridgehead atoms. The third kappa shape index (κ3) is 2.23. The molecule has 0 amide bonds. The van der Waals surface area contributed by atoms with Gasteiger partial charge in [-0.15, -0.1) is 0 Å². The first-order chi connectivity index (χ1) is 9.29. The van der Waals surface area contributed by atoms with Crippen molar-refractivity contribution in [3.63, 3.8) is 0 Å². The second-order valence-electron chi connectivity index (χ2n) is 5.46. The second-order valence-corrected chi connectivity index (χ2v) is 5.46. The van der Waals surface area contributed by atoms with Gasteiger partial charge in [-0.3, -0.25) is 0 Å². The molecule has 0 nitrogen and oxygen atoms in total. The molecule has 0 aromatic heterocycles. The Labute approximate surface area is 115 Å². The molecule has 0 heteroatoms. The first-order valence-electron chi connectivity index (χ1n) is 7.21. The summed E-state index contributed by atoms with van der Waals surface area (Å²) >= 11 is 0. The van der Waals surface area contributed by atoms with Crippen LogP contribution < -0.4 is 0 Å². The standard InChI is InChI=1S/C19H20/c1-3-6-14(2)17-12-11-16-10-9-15-7-4-5-8-18(15)19(16)13-17/h4-5,7-14H,3,6H2,1-2H3. The monoisotopic (exact) mass is 248 g/mol. The molecule has 1 unspecified atom stereocenters. The van der Waals surface area contributed by atoms with E-state index in [2.05, 4.69) is 68.4 Å². The molecule has 0 N–H and O–H groups in total. The first kappa shape index (κ1) is 12.2. The number of hydrogen-bond acceptors (Lipinski definition) is 0. The molecule has 0 aliphatic carbocycles. The molecule has 19 heavy (non-hydrogen) atoms. The Hall–Kier alpha value is -1.82. The normalized spacial score (nSPS) is 12.9. The fraction of sp³-hybridized carbons (Fsp3) is 0.263. The van der Waals surface area contributed by atoms with E-state index in [1.165, 1.54) is 39.9 Å². The van der Waals surface area contributed by atoms with Crippen LogP contribution in [0.15, 0.2) is 54.6 Å². The van der Waals surface area contributed by atoms with Crippen molar-refractivity contribution in [3.05, 3.63) is 60.2 Å². The Bertz CT molecular complexity index is 709. The van der Waals surface area contributed by atoms with Crippen LogP contribution in [0.3, 0.4) is 0 Å². The fourth-order valence-electron chi connectivity index (χ4n) is 2.93. The highest BCUT2D eigenvalue weighted by molar-refractivity contribution is 6.07. The van der Waals surface area contributed by atoms with Crippen molar-refractivity contribution in [2.24, 2.45) is 0 Å². The Morgan fingerprint density at radius 1 is 0.842 bits per heavy atom. The summed E-state index contributed by atoms with van der Waals surface area (Å²) in [5, 5.41) is 5.42. The van der Waals surface area contributed by atoms with E-state index in [1.54, 1.807) is 0 Å². The van der Waals surface area contributed by atoms with E-state index in [-0.39, 0.29) is 0 Å². The Morgan fingerprint density at radius 3 is 2.32 bits per heavy atom. The first-order valence-corrected chi connectivity index (χ1v) is 7.21. The summed E-state index contributed by atoms with van der Waals surface area (Å²) < 4.78 is 0. The lowest BCUT2D eigenvalue weighted by Crippen LogP contribution is -1.92. The van der Waals surface area contributed by atoms with E-state index >= 15 is 0 Å². The van der Waals surface area contributed by atoms with Gasteiger partial charge in [-0.2, -0.15) is 0 Å². The summed E-state index contributed by atoms with van der Waals surface area (Å²) in [4.78, 5) is 0. The van der Waals surface area contributed by atoms with Crippen LogP contribution in [0, 0.1) is 0 Å². The van der Waals surface area contributed by atoms with E-state index in [0.717, 1.165) is 0 Å². The minimum absolute atomic E-state index is 0.647. The molecule has 3 aromatic rings. The molecule has 96 valence electrons. The summed E-state index contributed by atoms with van der Waals surface area (Å²) in [5.74, 6) is 0.647. The molecule has 0 heterocycles. The molecule has 0 aliphatic heterocycles. The van der Waals surface area contributed by atoms with Gasteiger partial charge in [0, 0.05) is 0 Å². The number of fused-ring (bicyclic) bond motifs is 3. The van der Waals surface area contributed by atoms with Crippen LogP contribution in [0.5, 0.6) is 0 Å². The summed E-state index contributed by atoms with van der Waals surface area (Å²) in [6.45, 7) is 4.59. The molecule has 3 rings (SSSR count). The highest BCUT2D eigenvalue weighted by Crippen LogP contribution is 2.29.